The van der Waals surface area contributed by atoms with Gasteiger partial charge in [-0.2, -0.15) is 5.10 Å². The number of carbonyl (C=O) groups is 2. The molecule has 0 spiro atoms. The number of aromatic nitrogens is 3. The molecule has 1 aliphatic rings. The van der Waals surface area contributed by atoms with Crippen molar-refractivity contribution < 1.29 is 14.3 Å². The van der Waals surface area contributed by atoms with Gasteiger partial charge in [-0.05, 0) is 35.4 Å². The lowest BCUT2D eigenvalue weighted by atomic mass is 10.1. The van der Waals surface area contributed by atoms with Crippen LogP contribution in [0.4, 0.5) is 0 Å². The molecule has 0 saturated carbocycles. The second-order valence-electron chi connectivity index (χ2n) is 6.75. The van der Waals surface area contributed by atoms with Crippen LogP contribution in [0.3, 0.4) is 0 Å². The van der Waals surface area contributed by atoms with E-state index >= 15 is 0 Å². The summed E-state index contributed by atoms with van der Waals surface area (Å²) in [5, 5.41) is 7.13. The lowest BCUT2D eigenvalue weighted by molar-refractivity contribution is 0.0683. The molecule has 2 aromatic heterocycles. The number of hydrogen-bond acceptors (Lipinski definition) is 5. The van der Waals surface area contributed by atoms with Gasteiger partial charge in [-0.15, -0.1) is 0 Å². The summed E-state index contributed by atoms with van der Waals surface area (Å²) in [4.78, 5) is 31.0. The summed E-state index contributed by atoms with van der Waals surface area (Å²) in [6, 6.07) is 12.9. The van der Waals surface area contributed by atoms with Gasteiger partial charge in [0.1, 0.15) is 11.4 Å². The van der Waals surface area contributed by atoms with Gasteiger partial charge in [0.25, 0.3) is 11.8 Å². The van der Waals surface area contributed by atoms with Gasteiger partial charge in [0.05, 0.1) is 13.7 Å². The molecule has 0 radical (unpaired) electrons. The molecule has 0 unspecified atom stereocenters. The van der Waals surface area contributed by atoms with Crippen LogP contribution in [-0.4, -0.2) is 45.1 Å². The van der Waals surface area contributed by atoms with E-state index in [0.29, 0.717) is 31.9 Å². The SMILES string of the molecule is COc1cccc(CN2CCn3nc(C(=O)NCc4ccncc4)cc3C2=O)c1. The van der Waals surface area contributed by atoms with Gasteiger partial charge in [0.2, 0.25) is 0 Å². The summed E-state index contributed by atoms with van der Waals surface area (Å²) in [7, 11) is 1.62. The average molecular weight is 391 g/mol. The minimum Gasteiger partial charge on any atom is -0.497 e. The first-order chi connectivity index (χ1) is 14.1. The quantitative estimate of drug-likeness (QED) is 0.693. The number of fused-ring (bicyclic) bond motifs is 1. The molecule has 148 valence electrons. The van der Waals surface area contributed by atoms with E-state index in [2.05, 4.69) is 15.4 Å². The maximum atomic E-state index is 12.9. The molecule has 1 aliphatic heterocycles. The van der Waals surface area contributed by atoms with Crippen molar-refractivity contribution in [3.63, 3.8) is 0 Å². The fourth-order valence-corrected chi connectivity index (χ4v) is 3.26. The number of carbonyl (C=O) groups excluding carboxylic acids is 2. The Hall–Kier alpha value is -3.68. The smallest absolute Gasteiger partial charge is 0.272 e. The van der Waals surface area contributed by atoms with Crippen LogP contribution in [0.15, 0.2) is 54.9 Å². The summed E-state index contributed by atoms with van der Waals surface area (Å²) >= 11 is 0. The number of methoxy groups -OCH3 is 1. The first-order valence-corrected chi connectivity index (χ1v) is 9.31. The highest BCUT2D eigenvalue weighted by atomic mass is 16.5. The number of amides is 2. The minimum absolute atomic E-state index is 0.139. The summed E-state index contributed by atoms with van der Waals surface area (Å²) in [5.41, 5.74) is 2.60. The first-order valence-electron chi connectivity index (χ1n) is 9.31. The molecule has 3 aromatic rings. The van der Waals surface area contributed by atoms with Crippen LogP contribution in [0.1, 0.15) is 32.1 Å². The van der Waals surface area contributed by atoms with E-state index in [1.807, 2.05) is 36.4 Å². The molecule has 2 amide bonds. The number of nitrogens with zero attached hydrogens (tertiary/aromatic N) is 4. The summed E-state index contributed by atoms with van der Waals surface area (Å²) in [5.74, 6) is 0.306. The Balaban J connectivity index is 1.44. The molecule has 1 aromatic carbocycles. The third-order valence-corrected chi connectivity index (χ3v) is 4.81. The van der Waals surface area contributed by atoms with E-state index in [1.165, 1.54) is 0 Å². The zero-order valence-corrected chi connectivity index (χ0v) is 16.0. The number of rotatable bonds is 6. The highest BCUT2D eigenvalue weighted by Gasteiger charge is 2.28. The van der Waals surface area contributed by atoms with Crippen molar-refractivity contribution in [3.05, 3.63) is 77.4 Å². The largest absolute Gasteiger partial charge is 0.497 e. The summed E-state index contributed by atoms with van der Waals surface area (Å²) in [6.07, 6.45) is 3.35. The predicted molar refractivity (Wildman–Crippen MR) is 105 cm³/mol. The Kier molecular flexibility index (Phi) is 5.24. The van der Waals surface area contributed by atoms with Crippen molar-refractivity contribution in [2.24, 2.45) is 0 Å². The molecule has 0 fully saturated rings. The van der Waals surface area contributed by atoms with E-state index in [-0.39, 0.29) is 17.5 Å². The third-order valence-electron chi connectivity index (χ3n) is 4.81. The van der Waals surface area contributed by atoms with E-state index in [4.69, 9.17) is 4.74 Å². The number of hydrogen-bond donors (Lipinski definition) is 1. The lowest BCUT2D eigenvalue weighted by Gasteiger charge is -2.27. The van der Waals surface area contributed by atoms with Crippen LogP contribution in [0.5, 0.6) is 5.75 Å². The zero-order valence-electron chi connectivity index (χ0n) is 16.0. The number of pyridine rings is 1. The fraction of sp³-hybridized carbons (Fsp3) is 0.238. The molecular formula is C21H21N5O3. The van der Waals surface area contributed by atoms with Crippen LogP contribution >= 0.6 is 0 Å². The highest BCUT2D eigenvalue weighted by Crippen LogP contribution is 2.19. The number of ether oxygens (including phenoxy) is 1. The molecular weight excluding hydrogens is 370 g/mol. The highest BCUT2D eigenvalue weighted by molar-refractivity contribution is 5.98. The van der Waals surface area contributed by atoms with E-state index in [1.54, 1.807) is 35.2 Å². The Morgan fingerprint density at radius 3 is 2.76 bits per heavy atom. The second kappa shape index (κ2) is 8.14. The fourth-order valence-electron chi connectivity index (χ4n) is 3.26. The van der Waals surface area contributed by atoms with Gasteiger partial charge in [-0.3, -0.25) is 19.3 Å². The normalized spacial score (nSPS) is 13.1. The van der Waals surface area contributed by atoms with Gasteiger partial charge in [0, 0.05) is 38.1 Å². The van der Waals surface area contributed by atoms with Crippen LogP contribution in [0.25, 0.3) is 0 Å². The van der Waals surface area contributed by atoms with E-state index in [9.17, 15) is 9.59 Å². The topological polar surface area (TPSA) is 89.3 Å². The average Bonchev–Trinajstić information content (AvgIpc) is 3.20. The molecule has 0 aliphatic carbocycles. The Morgan fingerprint density at radius 1 is 1.14 bits per heavy atom. The molecule has 0 saturated heterocycles. The van der Waals surface area contributed by atoms with Crippen molar-refractivity contribution in [1.82, 2.24) is 25.0 Å². The molecule has 1 N–H and O–H groups in total. The summed E-state index contributed by atoms with van der Waals surface area (Å²) < 4.78 is 6.85. The molecule has 0 atom stereocenters. The van der Waals surface area contributed by atoms with E-state index in [0.717, 1.165) is 16.9 Å². The summed E-state index contributed by atoms with van der Waals surface area (Å²) in [6.45, 7) is 1.93. The molecule has 29 heavy (non-hydrogen) atoms. The third kappa shape index (κ3) is 4.11. The zero-order chi connectivity index (χ0) is 20.2. The Labute approximate surface area is 168 Å². The van der Waals surface area contributed by atoms with Gasteiger partial charge in [0.15, 0.2) is 5.69 Å². The van der Waals surface area contributed by atoms with Crippen LogP contribution in [0.2, 0.25) is 0 Å². The monoisotopic (exact) mass is 391 g/mol. The van der Waals surface area contributed by atoms with E-state index < -0.39 is 0 Å². The van der Waals surface area contributed by atoms with Crippen molar-refractivity contribution in [2.45, 2.75) is 19.6 Å². The van der Waals surface area contributed by atoms with Crippen LogP contribution in [-0.2, 0) is 19.6 Å². The number of nitrogens with one attached hydrogen (secondary N) is 1. The molecule has 8 heteroatoms. The molecule has 8 nitrogen and oxygen atoms in total. The number of benzene rings is 1. The molecule has 4 rings (SSSR count). The lowest BCUT2D eigenvalue weighted by Crippen LogP contribution is -2.39. The van der Waals surface area contributed by atoms with Crippen molar-refractivity contribution >= 4 is 11.8 Å². The maximum absolute atomic E-state index is 12.9. The molecule has 0 bridgehead atoms. The van der Waals surface area contributed by atoms with Crippen molar-refractivity contribution in [1.29, 1.82) is 0 Å². The van der Waals surface area contributed by atoms with Crippen molar-refractivity contribution in [2.75, 3.05) is 13.7 Å². The van der Waals surface area contributed by atoms with Crippen LogP contribution < -0.4 is 10.1 Å². The standard InChI is InChI=1S/C21H21N5O3/c1-29-17-4-2-3-16(11-17)14-25-9-10-26-19(21(25)28)12-18(24-26)20(27)23-13-15-5-7-22-8-6-15/h2-8,11-12H,9-10,13-14H2,1H3,(H,23,27). The van der Waals surface area contributed by atoms with Gasteiger partial charge >= 0.3 is 0 Å². The van der Waals surface area contributed by atoms with Crippen LogP contribution in [0, 0.1) is 0 Å². The Bertz CT molecular complexity index is 1030. The van der Waals surface area contributed by atoms with Gasteiger partial charge in [-0.1, -0.05) is 12.1 Å². The van der Waals surface area contributed by atoms with Crippen molar-refractivity contribution in [3.8, 4) is 5.75 Å². The first kappa shape index (κ1) is 18.7. The maximum Gasteiger partial charge on any atom is 0.272 e. The second-order valence-corrected chi connectivity index (χ2v) is 6.75. The van der Waals surface area contributed by atoms with Gasteiger partial charge < -0.3 is 15.0 Å². The minimum atomic E-state index is -0.309. The molecule has 3 heterocycles. The van der Waals surface area contributed by atoms with Gasteiger partial charge in [-0.25, -0.2) is 0 Å². The Morgan fingerprint density at radius 2 is 1.97 bits per heavy atom. The predicted octanol–water partition coefficient (Wildman–Crippen LogP) is 1.87.